The molecule has 0 atom stereocenters. The van der Waals surface area contributed by atoms with Crippen LogP contribution in [0.3, 0.4) is 0 Å². The maximum atomic E-state index is 14.7. The van der Waals surface area contributed by atoms with Gasteiger partial charge in [0.1, 0.15) is 11.6 Å². The number of hydrogen-bond acceptors (Lipinski definition) is 4. The average Bonchev–Trinajstić information content (AvgIpc) is 2.77. The lowest BCUT2D eigenvalue weighted by Gasteiger charge is -2.33. The number of halogens is 1. The SMILES string of the molecule is COC(=O)c1ccc(CN(C(=O)N2CCCCC2)c2cccc(OC)c2)c(F)c1. The quantitative estimate of drug-likeness (QED) is 0.705. The van der Waals surface area contributed by atoms with Gasteiger partial charge in [-0.15, -0.1) is 0 Å². The van der Waals surface area contributed by atoms with Gasteiger partial charge in [0.25, 0.3) is 0 Å². The van der Waals surface area contributed by atoms with Gasteiger partial charge < -0.3 is 14.4 Å². The average molecular weight is 400 g/mol. The Kier molecular flexibility index (Phi) is 6.69. The fourth-order valence-corrected chi connectivity index (χ4v) is 3.39. The first kappa shape index (κ1) is 20.6. The molecule has 1 saturated heterocycles. The highest BCUT2D eigenvalue weighted by Crippen LogP contribution is 2.26. The second-order valence-electron chi connectivity index (χ2n) is 6.92. The summed E-state index contributed by atoms with van der Waals surface area (Å²) in [5.41, 5.74) is 1.06. The molecule has 0 unspecified atom stereocenters. The molecule has 1 fully saturated rings. The van der Waals surface area contributed by atoms with Crippen LogP contribution < -0.4 is 9.64 Å². The Hall–Kier alpha value is -3.09. The van der Waals surface area contributed by atoms with Gasteiger partial charge in [0, 0.05) is 30.4 Å². The van der Waals surface area contributed by atoms with Crippen LogP contribution in [0.2, 0.25) is 0 Å². The van der Waals surface area contributed by atoms with E-state index < -0.39 is 11.8 Å². The minimum Gasteiger partial charge on any atom is -0.497 e. The van der Waals surface area contributed by atoms with E-state index in [0.29, 0.717) is 30.1 Å². The summed E-state index contributed by atoms with van der Waals surface area (Å²) in [7, 11) is 2.80. The van der Waals surface area contributed by atoms with Gasteiger partial charge in [-0.25, -0.2) is 14.0 Å². The molecule has 0 aromatic heterocycles. The first-order chi connectivity index (χ1) is 14.0. The van der Waals surface area contributed by atoms with Crippen molar-refractivity contribution in [2.45, 2.75) is 25.8 Å². The Labute approximate surface area is 169 Å². The number of likely N-dealkylation sites (tertiary alicyclic amines) is 1. The van der Waals surface area contributed by atoms with Gasteiger partial charge in [0.05, 0.1) is 26.3 Å². The first-order valence-corrected chi connectivity index (χ1v) is 9.60. The topological polar surface area (TPSA) is 59.1 Å². The third-order valence-electron chi connectivity index (χ3n) is 5.03. The van der Waals surface area contributed by atoms with E-state index in [9.17, 15) is 14.0 Å². The lowest BCUT2D eigenvalue weighted by atomic mass is 10.1. The van der Waals surface area contributed by atoms with Crippen molar-refractivity contribution in [3.05, 3.63) is 59.4 Å². The van der Waals surface area contributed by atoms with Crippen molar-refractivity contribution in [3.8, 4) is 5.75 Å². The molecule has 2 amide bonds. The summed E-state index contributed by atoms with van der Waals surface area (Å²) in [6.07, 6.45) is 3.02. The van der Waals surface area contributed by atoms with Crippen molar-refractivity contribution in [1.82, 2.24) is 4.90 Å². The van der Waals surface area contributed by atoms with Crippen LogP contribution >= 0.6 is 0 Å². The number of urea groups is 1. The predicted octanol–water partition coefficient (Wildman–Crippen LogP) is 4.23. The molecule has 2 aromatic carbocycles. The third-order valence-corrected chi connectivity index (χ3v) is 5.03. The number of amides is 2. The Morgan fingerprint density at radius 1 is 1.07 bits per heavy atom. The minimum atomic E-state index is -0.607. The lowest BCUT2D eigenvalue weighted by Crippen LogP contribution is -2.45. The number of hydrogen-bond donors (Lipinski definition) is 0. The molecule has 1 heterocycles. The number of nitrogens with zero attached hydrogens (tertiary/aromatic N) is 2. The summed E-state index contributed by atoms with van der Waals surface area (Å²) < 4.78 is 24.6. The number of carbonyl (C=O) groups excluding carboxylic acids is 2. The molecule has 0 N–H and O–H groups in total. The molecule has 0 saturated carbocycles. The first-order valence-electron chi connectivity index (χ1n) is 9.60. The van der Waals surface area contributed by atoms with Gasteiger partial charge in [-0.2, -0.15) is 0 Å². The Bertz CT molecular complexity index is 881. The zero-order valence-corrected chi connectivity index (χ0v) is 16.7. The number of esters is 1. The second kappa shape index (κ2) is 9.41. The number of piperidine rings is 1. The van der Waals surface area contributed by atoms with Gasteiger partial charge in [-0.05, 0) is 43.5 Å². The van der Waals surface area contributed by atoms with Crippen LogP contribution in [0.5, 0.6) is 5.75 Å². The monoisotopic (exact) mass is 400 g/mol. The molecule has 1 aliphatic heterocycles. The summed E-state index contributed by atoms with van der Waals surface area (Å²) >= 11 is 0. The molecule has 0 bridgehead atoms. The summed E-state index contributed by atoms with van der Waals surface area (Å²) in [6.45, 7) is 1.40. The summed E-state index contributed by atoms with van der Waals surface area (Å²) in [5.74, 6) is -0.558. The standard InChI is InChI=1S/C22H25FN2O4/c1-28-19-8-6-7-18(14-19)25(22(27)24-11-4-3-5-12-24)15-17-10-9-16(13-20(17)23)21(26)29-2/h6-10,13-14H,3-5,11-12,15H2,1-2H3. The Balaban J connectivity index is 1.92. The zero-order valence-electron chi connectivity index (χ0n) is 16.7. The molecule has 0 radical (unpaired) electrons. The number of anilines is 1. The number of ether oxygens (including phenoxy) is 2. The van der Waals surface area contributed by atoms with E-state index in [-0.39, 0.29) is 18.1 Å². The van der Waals surface area contributed by atoms with Crippen LogP contribution in [0, 0.1) is 5.82 Å². The van der Waals surface area contributed by atoms with Gasteiger partial charge in [0.15, 0.2) is 0 Å². The molecule has 6 nitrogen and oxygen atoms in total. The van der Waals surface area contributed by atoms with Crippen LogP contribution in [0.4, 0.5) is 14.9 Å². The largest absolute Gasteiger partial charge is 0.497 e. The molecular formula is C22H25FN2O4. The van der Waals surface area contributed by atoms with Gasteiger partial charge >= 0.3 is 12.0 Å². The van der Waals surface area contributed by atoms with Crippen molar-refractivity contribution >= 4 is 17.7 Å². The molecule has 29 heavy (non-hydrogen) atoms. The van der Waals surface area contributed by atoms with Crippen molar-refractivity contribution in [1.29, 1.82) is 0 Å². The van der Waals surface area contributed by atoms with Crippen LogP contribution in [0.15, 0.2) is 42.5 Å². The number of benzene rings is 2. The van der Waals surface area contributed by atoms with Gasteiger partial charge in [-0.1, -0.05) is 12.1 Å². The fraction of sp³-hybridized carbons (Fsp3) is 0.364. The lowest BCUT2D eigenvalue weighted by molar-refractivity contribution is 0.0600. The van der Waals surface area contributed by atoms with Gasteiger partial charge in [0.2, 0.25) is 0 Å². The third kappa shape index (κ3) is 4.85. The molecular weight excluding hydrogens is 375 g/mol. The number of rotatable bonds is 5. The number of methoxy groups -OCH3 is 2. The highest BCUT2D eigenvalue weighted by molar-refractivity contribution is 5.92. The summed E-state index contributed by atoms with van der Waals surface area (Å²) in [4.78, 5) is 28.2. The minimum absolute atomic E-state index is 0.0375. The van der Waals surface area contributed by atoms with Crippen LogP contribution in [-0.4, -0.2) is 44.2 Å². The number of carbonyl (C=O) groups is 2. The molecule has 2 aromatic rings. The second-order valence-corrected chi connectivity index (χ2v) is 6.92. The normalized spacial score (nSPS) is 13.7. The van der Waals surface area contributed by atoms with Crippen molar-refractivity contribution in [2.75, 3.05) is 32.2 Å². The predicted molar refractivity (Wildman–Crippen MR) is 108 cm³/mol. The molecule has 154 valence electrons. The van der Waals surface area contributed by atoms with E-state index in [1.54, 1.807) is 41.2 Å². The van der Waals surface area contributed by atoms with Crippen molar-refractivity contribution in [3.63, 3.8) is 0 Å². The summed E-state index contributed by atoms with van der Waals surface area (Å²) in [6, 6.07) is 11.1. The van der Waals surface area contributed by atoms with Crippen LogP contribution in [-0.2, 0) is 11.3 Å². The van der Waals surface area contributed by atoms with E-state index in [4.69, 9.17) is 4.74 Å². The van der Waals surface area contributed by atoms with E-state index >= 15 is 0 Å². The maximum Gasteiger partial charge on any atom is 0.337 e. The van der Waals surface area contributed by atoms with Gasteiger partial charge in [-0.3, -0.25) is 4.90 Å². The van der Waals surface area contributed by atoms with E-state index in [1.165, 1.54) is 19.2 Å². The molecule has 1 aliphatic rings. The summed E-state index contributed by atoms with van der Waals surface area (Å²) in [5, 5.41) is 0. The Morgan fingerprint density at radius 3 is 2.48 bits per heavy atom. The van der Waals surface area contributed by atoms with Crippen molar-refractivity contribution in [2.24, 2.45) is 0 Å². The molecule has 7 heteroatoms. The van der Waals surface area contributed by atoms with E-state index in [1.807, 2.05) is 0 Å². The fourth-order valence-electron chi connectivity index (χ4n) is 3.39. The van der Waals surface area contributed by atoms with E-state index in [2.05, 4.69) is 4.74 Å². The molecule has 3 rings (SSSR count). The smallest absolute Gasteiger partial charge is 0.337 e. The molecule has 0 spiro atoms. The zero-order chi connectivity index (χ0) is 20.8. The van der Waals surface area contributed by atoms with Crippen LogP contribution in [0.25, 0.3) is 0 Å². The maximum absolute atomic E-state index is 14.7. The Morgan fingerprint density at radius 2 is 1.83 bits per heavy atom. The molecule has 0 aliphatic carbocycles. The van der Waals surface area contributed by atoms with E-state index in [0.717, 1.165) is 25.3 Å². The van der Waals surface area contributed by atoms with Crippen molar-refractivity contribution < 1.29 is 23.5 Å². The van der Waals surface area contributed by atoms with Crippen LogP contribution in [0.1, 0.15) is 35.2 Å². The highest BCUT2D eigenvalue weighted by atomic mass is 19.1. The highest BCUT2D eigenvalue weighted by Gasteiger charge is 2.25.